The Balaban J connectivity index is 2.00. The zero-order chi connectivity index (χ0) is 13.7. The molecule has 0 aromatic heterocycles. The van der Waals surface area contributed by atoms with Crippen LogP contribution in [0.15, 0.2) is 24.3 Å². The van der Waals surface area contributed by atoms with Crippen molar-refractivity contribution in [2.75, 3.05) is 33.5 Å². The summed E-state index contributed by atoms with van der Waals surface area (Å²) in [6.45, 7) is 2.91. The molecular formula is C14H19NO4. The molecular weight excluding hydrogens is 246 g/mol. The van der Waals surface area contributed by atoms with Crippen LogP contribution >= 0.6 is 0 Å². The van der Waals surface area contributed by atoms with Crippen molar-refractivity contribution in [3.8, 4) is 0 Å². The first kappa shape index (κ1) is 14.0. The number of rotatable bonds is 4. The maximum Gasteiger partial charge on any atom is 0.337 e. The Morgan fingerprint density at radius 2 is 2.21 bits per heavy atom. The Bertz CT molecular complexity index is 418. The minimum absolute atomic E-state index is 0.0500. The summed E-state index contributed by atoms with van der Waals surface area (Å²) in [5.74, 6) is -0.328. The Morgan fingerprint density at radius 3 is 2.84 bits per heavy atom. The van der Waals surface area contributed by atoms with Crippen molar-refractivity contribution < 1.29 is 19.4 Å². The molecule has 1 heterocycles. The molecule has 0 spiro atoms. The van der Waals surface area contributed by atoms with E-state index in [1.165, 1.54) is 7.11 Å². The molecule has 5 nitrogen and oxygen atoms in total. The minimum Gasteiger partial charge on any atom is -0.465 e. The van der Waals surface area contributed by atoms with Gasteiger partial charge in [0.15, 0.2) is 0 Å². The molecule has 1 N–H and O–H groups in total. The van der Waals surface area contributed by atoms with E-state index in [9.17, 15) is 9.90 Å². The molecule has 1 unspecified atom stereocenters. The molecule has 0 bridgehead atoms. The summed E-state index contributed by atoms with van der Waals surface area (Å²) in [7, 11) is 1.37. The molecule has 1 aromatic carbocycles. The van der Waals surface area contributed by atoms with Crippen molar-refractivity contribution in [1.29, 1.82) is 0 Å². The van der Waals surface area contributed by atoms with Crippen LogP contribution in [0, 0.1) is 0 Å². The van der Waals surface area contributed by atoms with Gasteiger partial charge in [0.25, 0.3) is 0 Å². The van der Waals surface area contributed by atoms with E-state index in [4.69, 9.17) is 4.74 Å². The van der Waals surface area contributed by atoms with Gasteiger partial charge in [-0.3, -0.25) is 4.90 Å². The van der Waals surface area contributed by atoms with Crippen molar-refractivity contribution >= 4 is 5.97 Å². The van der Waals surface area contributed by atoms with Gasteiger partial charge in [-0.2, -0.15) is 0 Å². The van der Waals surface area contributed by atoms with E-state index in [-0.39, 0.29) is 18.6 Å². The van der Waals surface area contributed by atoms with Crippen molar-refractivity contribution in [3.63, 3.8) is 0 Å². The highest BCUT2D eigenvalue weighted by molar-refractivity contribution is 5.89. The average Bonchev–Trinajstić information content (AvgIpc) is 2.48. The van der Waals surface area contributed by atoms with Crippen LogP contribution in [0.25, 0.3) is 0 Å². The third-order valence-electron chi connectivity index (χ3n) is 3.32. The number of benzene rings is 1. The Morgan fingerprint density at radius 1 is 1.47 bits per heavy atom. The second kappa shape index (κ2) is 6.65. The molecule has 0 amide bonds. The standard InChI is InChI=1S/C14H19NO4/c1-18-14(17)12-4-2-11(3-5-12)8-15-6-7-19-10-13(15)9-16/h2-5,13,16H,6-10H2,1H3. The molecule has 1 aliphatic rings. The highest BCUT2D eigenvalue weighted by atomic mass is 16.5. The Kier molecular flexibility index (Phi) is 4.90. The number of hydrogen-bond donors (Lipinski definition) is 1. The van der Waals surface area contributed by atoms with Crippen LogP contribution < -0.4 is 0 Å². The van der Waals surface area contributed by atoms with Crippen molar-refractivity contribution in [2.24, 2.45) is 0 Å². The maximum absolute atomic E-state index is 11.3. The number of ether oxygens (including phenoxy) is 2. The van der Waals surface area contributed by atoms with Crippen LogP contribution in [-0.4, -0.2) is 55.5 Å². The molecule has 5 heteroatoms. The molecule has 0 radical (unpaired) electrons. The third kappa shape index (κ3) is 3.53. The molecule has 104 valence electrons. The molecule has 2 rings (SSSR count). The quantitative estimate of drug-likeness (QED) is 0.811. The lowest BCUT2D eigenvalue weighted by Gasteiger charge is -2.34. The van der Waals surface area contributed by atoms with Gasteiger partial charge >= 0.3 is 5.97 Å². The number of carbonyl (C=O) groups excluding carboxylic acids is 1. The van der Waals surface area contributed by atoms with Crippen LogP contribution in [-0.2, 0) is 16.0 Å². The first-order chi connectivity index (χ1) is 9.24. The number of esters is 1. The number of hydrogen-bond acceptors (Lipinski definition) is 5. The van der Waals surface area contributed by atoms with Gasteiger partial charge in [-0.1, -0.05) is 12.1 Å². The van der Waals surface area contributed by atoms with Gasteiger partial charge in [0, 0.05) is 13.1 Å². The molecule has 0 saturated carbocycles. The topological polar surface area (TPSA) is 59.0 Å². The summed E-state index contributed by atoms with van der Waals surface area (Å²) < 4.78 is 10.0. The summed E-state index contributed by atoms with van der Waals surface area (Å²) in [6.07, 6.45) is 0. The second-order valence-electron chi connectivity index (χ2n) is 4.57. The molecule has 1 atom stereocenters. The zero-order valence-electron chi connectivity index (χ0n) is 11.0. The Hall–Kier alpha value is -1.43. The van der Waals surface area contributed by atoms with E-state index >= 15 is 0 Å². The van der Waals surface area contributed by atoms with E-state index in [0.29, 0.717) is 18.8 Å². The van der Waals surface area contributed by atoms with Crippen LogP contribution in [0.4, 0.5) is 0 Å². The zero-order valence-corrected chi connectivity index (χ0v) is 11.0. The first-order valence-electron chi connectivity index (χ1n) is 6.34. The monoisotopic (exact) mass is 265 g/mol. The van der Waals surface area contributed by atoms with Crippen LogP contribution in [0.2, 0.25) is 0 Å². The molecule has 19 heavy (non-hydrogen) atoms. The molecule has 1 aliphatic heterocycles. The van der Waals surface area contributed by atoms with Crippen molar-refractivity contribution in [2.45, 2.75) is 12.6 Å². The van der Waals surface area contributed by atoms with Gasteiger partial charge < -0.3 is 14.6 Å². The van der Waals surface area contributed by atoms with Crippen LogP contribution in [0.3, 0.4) is 0 Å². The lowest BCUT2D eigenvalue weighted by Crippen LogP contribution is -2.46. The van der Waals surface area contributed by atoms with Gasteiger partial charge in [-0.25, -0.2) is 4.79 Å². The normalized spacial score (nSPS) is 20.2. The van der Waals surface area contributed by atoms with E-state index in [2.05, 4.69) is 9.64 Å². The van der Waals surface area contributed by atoms with Gasteiger partial charge in [0.05, 0.1) is 38.5 Å². The summed E-state index contributed by atoms with van der Waals surface area (Å²) in [5, 5.41) is 9.31. The highest BCUT2D eigenvalue weighted by Gasteiger charge is 2.22. The van der Waals surface area contributed by atoms with Crippen molar-refractivity contribution in [1.82, 2.24) is 4.90 Å². The fourth-order valence-electron chi connectivity index (χ4n) is 2.16. The first-order valence-corrected chi connectivity index (χ1v) is 6.34. The summed E-state index contributed by atoms with van der Waals surface area (Å²) in [4.78, 5) is 13.5. The van der Waals surface area contributed by atoms with E-state index in [0.717, 1.165) is 18.7 Å². The van der Waals surface area contributed by atoms with Crippen LogP contribution in [0.1, 0.15) is 15.9 Å². The second-order valence-corrected chi connectivity index (χ2v) is 4.57. The molecule has 0 aliphatic carbocycles. The predicted octanol–water partition coefficient (Wildman–Crippen LogP) is 0.666. The smallest absolute Gasteiger partial charge is 0.337 e. The van der Waals surface area contributed by atoms with E-state index in [1.807, 2.05) is 12.1 Å². The number of nitrogens with zero attached hydrogens (tertiary/aromatic N) is 1. The van der Waals surface area contributed by atoms with E-state index in [1.54, 1.807) is 12.1 Å². The Labute approximate surface area is 112 Å². The fourth-order valence-corrected chi connectivity index (χ4v) is 2.16. The SMILES string of the molecule is COC(=O)c1ccc(CN2CCOCC2CO)cc1. The van der Waals surface area contributed by atoms with Gasteiger partial charge in [0.2, 0.25) is 0 Å². The van der Waals surface area contributed by atoms with Gasteiger partial charge in [0.1, 0.15) is 0 Å². The highest BCUT2D eigenvalue weighted by Crippen LogP contribution is 2.13. The summed E-state index contributed by atoms with van der Waals surface area (Å²) >= 11 is 0. The molecule has 1 fully saturated rings. The third-order valence-corrected chi connectivity index (χ3v) is 3.32. The number of aliphatic hydroxyl groups is 1. The number of aliphatic hydroxyl groups excluding tert-OH is 1. The fraction of sp³-hybridized carbons (Fsp3) is 0.500. The van der Waals surface area contributed by atoms with Gasteiger partial charge in [-0.05, 0) is 17.7 Å². The van der Waals surface area contributed by atoms with Gasteiger partial charge in [-0.15, -0.1) is 0 Å². The van der Waals surface area contributed by atoms with E-state index < -0.39 is 0 Å². The lowest BCUT2D eigenvalue weighted by atomic mass is 10.1. The number of methoxy groups -OCH3 is 1. The summed E-state index contributed by atoms with van der Waals surface area (Å²) in [5.41, 5.74) is 1.65. The largest absolute Gasteiger partial charge is 0.465 e. The lowest BCUT2D eigenvalue weighted by molar-refractivity contribution is -0.0312. The number of morpholine rings is 1. The minimum atomic E-state index is -0.328. The maximum atomic E-state index is 11.3. The predicted molar refractivity (Wildman–Crippen MR) is 69.9 cm³/mol. The summed E-state index contributed by atoms with van der Waals surface area (Å²) in [6, 6.07) is 7.39. The molecule has 1 saturated heterocycles. The van der Waals surface area contributed by atoms with Crippen molar-refractivity contribution in [3.05, 3.63) is 35.4 Å². The average molecular weight is 265 g/mol. The molecule has 1 aromatic rings. The van der Waals surface area contributed by atoms with Crippen LogP contribution in [0.5, 0.6) is 0 Å². The number of carbonyl (C=O) groups is 1.